The number of hydrogen-bond acceptors (Lipinski definition) is 4. The predicted octanol–water partition coefficient (Wildman–Crippen LogP) is 1.43. The Balaban J connectivity index is 3.13. The fraction of sp³-hybridized carbons (Fsp3) is 0.250. The minimum absolute atomic E-state index is 0.145. The number of anilines is 1. The van der Waals surface area contributed by atoms with Gasteiger partial charge >= 0.3 is 0 Å². The topological polar surface area (TPSA) is 63.6 Å². The number of aryl methyl sites for hydroxylation is 1. The Morgan fingerprint density at radius 3 is 2.54 bits per heavy atom. The van der Waals surface area contributed by atoms with Crippen LogP contribution in [0.3, 0.4) is 0 Å². The smallest absolute Gasteiger partial charge is 0.0512 e. The molecular formula is C8H10NO3S-. The van der Waals surface area contributed by atoms with E-state index in [-0.39, 0.29) is 10.9 Å². The van der Waals surface area contributed by atoms with E-state index in [1.807, 2.05) is 0 Å². The van der Waals surface area contributed by atoms with Gasteiger partial charge in [-0.3, -0.25) is 9.42 Å². The van der Waals surface area contributed by atoms with Gasteiger partial charge in [-0.1, -0.05) is 0 Å². The summed E-state index contributed by atoms with van der Waals surface area (Å²) < 4.78 is 11.1. The standard InChI is InChI=1S/C8H10NO3S/c1-6-5-7(9(10)11)3-4-8(6)13(2)12/h3-5,10H,1-2H3/q-1. The minimum atomic E-state index is -1.06. The molecule has 0 spiro atoms. The number of hydrogen-bond donors (Lipinski definition) is 1. The first-order valence-corrected chi connectivity index (χ1v) is 5.18. The van der Waals surface area contributed by atoms with Gasteiger partial charge in [0.1, 0.15) is 0 Å². The Bertz CT molecular complexity index is 338. The van der Waals surface area contributed by atoms with Crippen LogP contribution in [0.4, 0.5) is 5.69 Å². The molecule has 72 valence electrons. The van der Waals surface area contributed by atoms with Gasteiger partial charge in [-0.05, 0) is 30.7 Å². The lowest BCUT2D eigenvalue weighted by atomic mass is 10.2. The van der Waals surface area contributed by atoms with Gasteiger partial charge < -0.3 is 10.4 Å². The fourth-order valence-corrected chi connectivity index (χ4v) is 1.85. The minimum Gasteiger partial charge on any atom is -0.733 e. The van der Waals surface area contributed by atoms with Gasteiger partial charge in [0.15, 0.2) is 0 Å². The number of rotatable bonds is 2. The lowest BCUT2D eigenvalue weighted by Crippen LogP contribution is -2.07. The van der Waals surface area contributed by atoms with E-state index in [1.165, 1.54) is 12.1 Å². The highest BCUT2D eigenvalue weighted by atomic mass is 32.2. The summed E-state index contributed by atoms with van der Waals surface area (Å²) in [6.45, 7) is 1.74. The average Bonchev–Trinajstić information content (AvgIpc) is 2.03. The van der Waals surface area contributed by atoms with Gasteiger partial charge in [0, 0.05) is 11.2 Å². The third-order valence-corrected chi connectivity index (χ3v) is 2.77. The van der Waals surface area contributed by atoms with Crippen molar-refractivity contribution < 1.29 is 9.42 Å². The van der Waals surface area contributed by atoms with E-state index < -0.39 is 10.8 Å². The average molecular weight is 200 g/mol. The van der Waals surface area contributed by atoms with Crippen LogP contribution in [0.1, 0.15) is 5.56 Å². The van der Waals surface area contributed by atoms with E-state index in [1.54, 1.807) is 19.2 Å². The van der Waals surface area contributed by atoms with Gasteiger partial charge in [0.25, 0.3) is 0 Å². The summed E-state index contributed by atoms with van der Waals surface area (Å²) in [5, 5.41) is 18.8. The molecule has 4 nitrogen and oxygen atoms in total. The van der Waals surface area contributed by atoms with E-state index in [0.717, 1.165) is 5.56 Å². The molecule has 13 heavy (non-hydrogen) atoms. The SMILES string of the molecule is Cc1cc(N([O-])O)ccc1S(C)=O. The van der Waals surface area contributed by atoms with Crippen LogP contribution < -0.4 is 5.23 Å². The van der Waals surface area contributed by atoms with Crippen molar-refractivity contribution in [2.45, 2.75) is 11.8 Å². The molecule has 0 amide bonds. The molecule has 0 fully saturated rings. The Morgan fingerprint density at radius 2 is 2.15 bits per heavy atom. The molecule has 0 bridgehead atoms. The maximum absolute atomic E-state index is 11.1. The van der Waals surface area contributed by atoms with Crippen molar-refractivity contribution in [2.75, 3.05) is 11.5 Å². The first kappa shape index (κ1) is 10.2. The predicted molar refractivity (Wildman–Crippen MR) is 51.1 cm³/mol. The third-order valence-electron chi connectivity index (χ3n) is 1.69. The second-order valence-electron chi connectivity index (χ2n) is 2.68. The highest BCUT2D eigenvalue weighted by molar-refractivity contribution is 7.84. The van der Waals surface area contributed by atoms with Crippen LogP contribution in [0.15, 0.2) is 23.1 Å². The zero-order chi connectivity index (χ0) is 10.0. The van der Waals surface area contributed by atoms with Gasteiger partial charge in [0.2, 0.25) is 0 Å². The molecule has 0 aliphatic carbocycles. The van der Waals surface area contributed by atoms with Crippen LogP contribution in [0.25, 0.3) is 0 Å². The van der Waals surface area contributed by atoms with Crippen molar-refractivity contribution in [3.05, 3.63) is 29.0 Å². The molecule has 0 heterocycles. The van der Waals surface area contributed by atoms with E-state index in [9.17, 15) is 9.42 Å². The zero-order valence-electron chi connectivity index (χ0n) is 7.35. The summed E-state index contributed by atoms with van der Waals surface area (Å²) in [6.07, 6.45) is 1.57. The van der Waals surface area contributed by atoms with E-state index in [4.69, 9.17) is 5.21 Å². The second kappa shape index (κ2) is 3.87. The lowest BCUT2D eigenvalue weighted by Gasteiger charge is -2.22. The molecule has 0 radical (unpaired) electrons. The van der Waals surface area contributed by atoms with Crippen LogP contribution >= 0.6 is 0 Å². The summed E-state index contributed by atoms with van der Waals surface area (Å²) >= 11 is 0. The van der Waals surface area contributed by atoms with Crippen molar-refractivity contribution in [2.24, 2.45) is 0 Å². The fourth-order valence-electron chi connectivity index (χ4n) is 1.08. The normalized spacial score (nSPS) is 12.6. The molecule has 1 rings (SSSR count). The Labute approximate surface area is 78.8 Å². The van der Waals surface area contributed by atoms with E-state index in [0.29, 0.717) is 4.90 Å². The molecule has 5 heteroatoms. The molecule has 0 aliphatic heterocycles. The highest BCUT2D eigenvalue weighted by Crippen LogP contribution is 2.19. The van der Waals surface area contributed by atoms with E-state index in [2.05, 4.69) is 0 Å². The Morgan fingerprint density at radius 1 is 1.54 bits per heavy atom. The van der Waals surface area contributed by atoms with Crippen molar-refractivity contribution in [3.8, 4) is 0 Å². The van der Waals surface area contributed by atoms with Gasteiger partial charge in [-0.15, -0.1) is 0 Å². The monoisotopic (exact) mass is 200 g/mol. The lowest BCUT2D eigenvalue weighted by molar-refractivity contribution is 0.296. The van der Waals surface area contributed by atoms with Gasteiger partial charge in [-0.25, -0.2) is 0 Å². The molecule has 1 aromatic rings. The van der Waals surface area contributed by atoms with Crippen LogP contribution in [0.2, 0.25) is 0 Å². The molecule has 1 N–H and O–H groups in total. The van der Waals surface area contributed by atoms with Crippen LogP contribution in [0, 0.1) is 12.1 Å². The highest BCUT2D eigenvalue weighted by Gasteiger charge is 2.03. The summed E-state index contributed by atoms with van der Waals surface area (Å²) in [5.41, 5.74) is 0.875. The first-order chi connectivity index (χ1) is 6.02. The van der Waals surface area contributed by atoms with Gasteiger partial charge in [0.05, 0.1) is 16.5 Å². The Kier molecular flexibility index (Phi) is 3.02. The Hall–Kier alpha value is -0.910. The molecule has 1 unspecified atom stereocenters. The summed E-state index contributed by atoms with van der Waals surface area (Å²) in [4.78, 5) is 0.672. The number of nitrogens with zero attached hydrogens (tertiary/aromatic N) is 1. The van der Waals surface area contributed by atoms with Crippen molar-refractivity contribution in [1.82, 2.24) is 0 Å². The molecule has 0 aliphatic rings. The molecule has 1 aromatic carbocycles. The second-order valence-corrected chi connectivity index (χ2v) is 4.02. The van der Waals surface area contributed by atoms with E-state index >= 15 is 0 Å². The van der Waals surface area contributed by atoms with Gasteiger partial charge in [-0.2, -0.15) is 0 Å². The molecule has 1 atom stereocenters. The molecule has 0 saturated carbocycles. The van der Waals surface area contributed by atoms with Crippen LogP contribution in [-0.2, 0) is 10.8 Å². The zero-order valence-corrected chi connectivity index (χ0v) is 8.17. The largest absolute Gasteiger partial charge is 0.733 e. The molecule has 0 aromatic heterocycles. The van der Waals surface area contributed by atoms with Crippen molar-refractivity contribution >= 4 is 16.5 Å². The maximum atomic E-state index is 11.1. The summed E-state index contributed by atoms with van der Waals surface area (Å²) in [7, 11) is -1.06. The third kappa shape index (κ3) is 2.27. The summed E-state index contributed by atoms with van der Waals surface area (Å²) in [6, 6.07) is 4.49. The van der Waals surface area contributed by atoms with Crippen molar-refractivity contribution in [3.63, 3.8) is 0 Å². The van der Waals surface area contributed by atoms with Crippen LogP contribution in [0.5, 0.6) is 0 Å². The van der Waals surface area contributed by atoms with Crippen molar-refractivity contribution in [1.29, 1.82) is 0 Å². The molecular weight excluding hydrogens is 190 g/mol. The molecule has 0 saturated heterocycles. The quantitative estimate of drug-likeness (QED) is 0.733. The van der Waals surface area contributed by atoms with Crippen LogP contribution in [-0.4, -0.2) is 15.7 Å². The first-order valence-electron chi connectivity index (χ1n) is 3.62. The number of benzene rings is 1. The maximum Gasteiger partial charge on any atom is 0.0512 e. The summed E-state index contributed by atoms with van der Waals surface area (Å²) in [5.74, 6) is 0.